The molecule has 8 heteroatoms. The molecule has 3 N–H and O–H groups in total. The van der Waals surface area contributed by atoms with Crippen LogP contribution in [0.15, 0.2) is 60.7 Å². The predicted octanol–water partition coefficient (Wildman–Crippen LogP) is 5.30. The number of fused-ring (bicyclic) bond motifs is 2. The van der Waals surface area contributed by atoms with E-state index < -0.39 is 27.4 Å². The van der Waals surface area contributed by atoms with Gasteiger partial charge < -0.3 is 10.8 Å². The van der Waals surface area contributed by atoms with Gasteiger partial charge in [0.1, 0.15) is 5.25 Å². The largest absolute Gasteiger partial charge is 0.478 e. The summed E-state index contributed by atoms with van der Waals surface area (Å²) < 4.78 is 29.3. The van der Waals surface area contributed by atoms with Crippen molar-refractivity contribution >= 4 is 43.5 Å². The Morgan fingerprint density at radius 1 is 1.03 bits per heavy atom. The Bertz CT molecular complexity index is 1550. The van der Waals surface area contributed by atoms with Crippen LogP contribution in [0.4, 0.5) is 5.69 Å². The van der Waals surface area contributed by atoms with Crippen molar-refractivity contribution in [2.45, 2.75) is 45.5 Å². The minimum absolute atomic E-state index is 0.109. The third-order valence-corrected chi connectivity index (χ3v) is 8.66. The quantitative estimate of drug-likeness (QED) is 0.268. The number of carbonyl (C=O) groups is 1. The Morgan fingerprint density at radius 3 is 2.34 bits per heavy atom. The standard InChI is InChI=1S/C27H29N3O4S/c1-5-25(35(33,34)30(18(4)28)24-13-10-16(2)14-17(24)3)19-11-12-23-21(15-19)26(27(31)32)20-8-6-7-9-22(20)29-23/h6-15,18,25H,5,28H2,1-4H3,(H,31,32). The van der Waals surface area contributed by atoms with Gasteiger partial charge in [-0.3, -0.25) is 4.31 Å². The zero-order chi connectivity index (χ0) is 25.5. The highest BCUT2D eigenvalue weighted by molar-refractivity contribution is 7.93. The molecule has 2 unspecified atom stereocenters. The van der Waals surface area contributed by atoms with E-state index in [1.807, 2.05) is 26.0 Å². The fourth-order valence-corrected chi connectivity index (χ4v) is 6.86. The number of nitrogens with zero attached hydrogens (tertiary/aromatic N) is 2. The average Bonchev–Trinajstić information content (AvgIpc) is 2.78. The van der Waals surface area contributed by atoms with Gasteiger partial charge in [-0.25, -0.2) is 18.2 Å². The topological polar surface area (TPSA) is 114 Å². The van der Waals surface area contributed by atoms with Gasteiger partial charge in [0.2, 0.25) is 10.0 Å². The van der Waals surface area contributed by atoms with Gasteiger partial charge in [0.05, 0.1) is 28.5 Å². The van der Waals surface area contributed by atoms with Gasteiger partial charge in [-0.1, -0.05) is 48.9 Å². The Hall–Kier alpha value is -3.49. The van der Waals surface area contributed by atoms with Crippen molar-refractivity contribution < 1.29 is 18.3 Å². The highest BCUT2D eigenvalue weighted by atomic mass is 32.2. The molecule has 0 radical (unpaired) electrons. The summed E-state index contributed by atoms with van der Waals surface area (Å²) in [4.78, 5) is 16.8. The van der Waals surface area contributed by atoms with Gasteiger partial charge in [-0.15, -0.1) is 0 Å². The number of sulfonamides is 1. The number of benzene rings is 3. The highest BCUT2D eigenvalue weighted by Gasteiger charge is 2.35. The second-order valence-corrected chi connectivity index (χ2v) is 10.8. The number of carboxylic acids is 1. The van der Waals surface area contributed by atoms with Crippen LogP contribution in [0.25, 0.3) is 21.8 Å². The highest BCUT2D eigenvalue weighted by Crippen LogP contribution is 2.36. The summed E-state index contributed by atoms with van der Waals surface area (Å²) in [6.07, 6.45) is -0.512. The number of para-hydroxylation sites is 1. The van der Waals surface area contributed by atoms with Crippen LogP contribution in [-0.2, 0) is 10.0 Å². The van der Waals surface area contributed by atoms with Gasteiger partial charge in [0, 0.05) is 10.8 Å². The third kappa shape index (κ3) is 4.35. The molecule has 0 spiro atoms. The molecule has 0 saturated heterocycles. The third-order valence-electron chi connectivity index (χ3n) is 6.25. The minimum Gasteiger partial charge on any atom is -0.478 e. The first-order valence-electron chi connectivity index (χ1n) is 11.5. The molecule has 0 fully saturated rings. The summed E-state index contributed by atoms with van der Waals surface area (Å²) in [6.45, 7) is 7.25. The van der Waals surface area contributed by atoms with Crippen molar-refractivity contribution in [3.8, 4) is 0 Å². The van der Waals surface area contributed by atoms with Crippen LogP contribution in [-0.4, -0.2) is 30.6 Å². The Balaban J connectivity index is 1.92. The van der Waals surface area contributed by atoms with E-state index in [9.17, 15) is 18.3 Å². The van der Waals surface area contributed by atoms with E-state index in [-0.39, 0.29) is 12.0 Å². The second-order valence-electron chi connectivity index (χ2n) is 8.85. The monoisotopic (exact) mass is 491 g/mol. The number of aromatic nitrogens is 1. The molecular weight excluding hydrogens is 462 g/mol. The number of rotatable bonds is 7. The minimum atomic E-state index is -3.96. The lowest BCUT2D eigenvalue weighted by Crippen LogP contribution is -2.46. The van der Waals surface area contributed by atoms with Crippen LogP contribution >= 0.6 is 0 Å². The van der Waals surface area contributed by atoms with Crippen molar-refractivity contribution in [3.63, 3.8) is 0 Å². The zero-order valence-corrected chi connectivity index (χ0v) is 21.0. The van der Waals surface area contributed by atoms with Crippen LogP contribution in [0.3, 0.4) is 0 Å². The van der Waals surface area contributed by atoms with Crippen molar-refractivity contribution in [1.29, 1.82) is 0 Å². The molecule has 3 aromatic carbocycles. The number of hydrogen-bond donors (Lipinski definition) is 2. The first-order chi connectivity index (χ1) is 16.6. The van der Waals surface area contributed by atoms with E-state index in [4.69, 9.17) is 5.73 Å². The van der Waals surface area contributed by atoms with E-state index in [0.29, 0.717) is 33.1 Å². The Kier molecular flexibility index (Phi) is 6.53. The smallest absolute Gasteiger partial charge is 0.337 e. The summed E-state index contributed by atoms with van der Waals surface area (Å²) in [5, 5.41) is 10.0. The van der Waals surface area contributed by atoms with Crippen molar-refractivity contribution in [2.75, 3.05) is 4.31 Å². The number of carboxylic acid groups (broad SMARTS) is 1. The molecule has 7 nitrogen and oxygen atoms in total. The van der Waals surface area contributed by atoms with Gasteiger partial charge in [-0.2, -0.15) is 0 Å². The maximum Gasteiger partial charge on any atom is 0.337 e. The SMILES string of the molecule is CCC(c1ccc2nc3ccccc3c(C(=O)O)c2c1)S(=O)(=O)N(c1ccc(C)cc1C)C(C)N. The first-order valence-corrected chi connectivity index (χ1v) is 13.0. The second kappa shape index (κ2) is 9.28. The maximum atomic E-state index is 14.0. The van der Waals surface area contributed by atoms with Crippen molar-refractivity contribution in [1.82, 2.24) is 4.98 Å². The predicted molar refractivity (Wildman–Crippen MR) is 140 cm³/mol. The van der Waals surface area contributed by atoms with E-state index in [0.717, 1.165) is 11.1 Å². The summed E-state index contributed by atoms with van der Waals surface area (Å²) >= 11 is 0. The van der Waals surface area contributed by atoms with E-state index in [1.54, 1.807) is 62.4 Å². The van der Waals surface area contributed by atoms with Gasteiger partial charge >= 0.3 is 5.97 Å². The lowest BCUT2D eigenvalue weighted by atomic mass is 9.99. The molecule has 0 aliphatic carbocycles. The van der Waals surface area contributed by atoms with Crippen LogP contribution in [0.1, 0.15) is 52.6 Å². The summed E-state index contributed by atoms with van der Waals surface area (Å²) in [7, 11) is -3.96. The van der Waals surface area contributed by atoms with E-state index >= 15 is 0 Å². The summed E-state index contributed by atoms with van der Waals surface area (Å²) in [5.74, 6) is -1.09. The molecule has 35 heavy (non-hydrogen) atoms. The Labute approximate surface area is 205 Å². The van der Waals surface area contributed by atoms with Gasteiger partial charge in [-0.05, 0) is 62.6 Å². The summed E-state index contributed by atoms with van der Waals surface area (Å²) in [6, 6.07) is 17.6. The molecule has 2 atom stereocenters. The molecule has 0 amide bonds. The number of aromatic carboxylic acids is 1. The summed E-state index contributed by atoms with van der Waals surface area (Å²) in [5.41, 5.74) is 10.2. The number of pyridine rings is 1. The van der Waals surface area contributed by atoms with Crippen LogP contribution in [0.5, 0.6) is 0 Å². The number of aryl methyl sites for hydroxylation is 2. The molecule has 0 bridgehead atoms. The zero-order valence-electron chi connectivity index (χ0n) is 20.2. The average molecular weight is 492 g/mol. The number of anilines is 1. The first kappa shape index (κ1) is 24.6. The van der Waals surface area contributed by atoms with E-state index in [1.165, 1.54) is 4.31 Å². The fourth-order valence-electron chi connectivity index (χ4n) is 4.74. The molecule has 182 valence electrons. The van der Waals surface area contributed by atoms with E-state index in [2.05, 4.69) is 4.98 Å². The molecule has 4 rings (SSSR count). The lowest BCUT2D eigenvalue weighted by molar-refractivity contribution is 0.0701. The van der Waals surface area contributed by atoms with Crippen LogP contribution in [0.2, 0.25) is 0 Å². The van der Waals surface area contributed by atoms with Crippen molar-refractivity contribution in [2.24, 2.45) is 5.73 Å². The molecule has 0 aliphatic rings. The van der Waals surface area contributed by atoms with Crippen molar-refractivity contribution in [3.05, 3.63) is 82.9 Å². The fraction of sp³-hybridized carbons (Fsp3) is 0.259. The molecule has 0 aliphatic heterocycles. The lowest BCUT2D eigenvalue weighted by Gasteiger charge is -2.33. The molecule has 1 heterocycles. The normalized spacial score (nSPS) is 13.6. The van der Waals surface area contributed by atoms with Crippen LogP contribution in [0, 0.1) is 13.8 Å². The van der Waals surface area contributed by atoms with Gasteiger partial charge in [0.15, 0.2) is 0 Å². The Morgan fingerprint density at radius 2 is 1.71 bits per heavy atom. The van der Waals surface area contributed by atoms with Gasteiger partial charge in [0.25, 0.3) is 0 Å². The molecule has 4 aromatic rings. The maximum absolute atomic E-state index is 14.0. The molecule has 1 aromatic heterocycles. The number of nitrogens with two attached hydrogens (primary N) is 1. The number of hydrogen-bond acceptors (Lipinski definition) is 5. The molecule has 0 saturated carbocycles. The van der Waals surface area contributed by atoms with Crippen LogP contribution < -0.4 is 10.0 Å². The molecular formula is C27H29N3O4S.